The predicted octanol–water partition coefficient (Wildman–Crippen LogP) is 2.16. The molecule has 3 rings (SSSR count). The number of aromatic nitrogens is 2. The smallest absolute Gasteiger partial charge is 0.243 e. The van der Waals surface area contributed by atoms with E-state index in [-0.39, 0.29) is 10.8 Å². The zero-order valence-electron chi connectivity index (χ0n) is 16.3. The zero-order chi connectivity index (χ0) is 19.6. The molecule has 1 fully saturated rings. The highest BCUT2D eigenvalue weighted by Crippen LogP contribution is 2.23. The lowest BCUT2D eigenvalue weighted by atomic mass is 10.2. The molecule has 0 aliphatic carbocycles. The Bertz CT molecular complexity index is 926. The summed E-state index contributed by atoms with van der Waals surface area (Å²) in [6.07, 6.45) is 3.16. The Balaban J connectivity index is 1.83. The van der Waals surface area contributed by atoms with Crippen molar-refractivity contribution in [1.82, 2.24) is 18.8 Å². The molecule has 148 valence electrons. The maximum absolute atomic E-state index is 12.7. The van der Waals surface area contributed by atoms with Crippen molar-refractivity contribution in [2.24, 2.45) is 7.05 Å². The molecular weight excluding hydrogens is 364 g/mol. The van der Waals surface area contributed by atoms with Crippen LogP contribution < -0.4 is 0 Å². The molecule has 0 bridgehead atoms. The van der Waals surface area contributed by atoms with Crippen LogP contribution >= 0.6 is 0 Å². The third kappa shape index (κ3) is 3.87. The van der Waals surface area contributed by atoms with Crippen LogP contribution in [0.5, 0.6) is 0 Å². The van der Waals surface area contributed by atoms with Crippen LogP contribution in [0, 0.1) is 0 Å². The molecule has 0 saturated carbocycles. The third-order valence-electron chi connectivity index (χ3n) is 5.31. The summed E-state index contributed by atoms with van der Waals surface area (Å²) in [4.78, 5) is 19.1. The number of nitrogens with zero attached hydrogens (tertiary/aromatic N) is 4. The Morgan fingerprint density at radius 1 is 1.19 bits per heavy atom. The van der Waals surface area contributed by atoms with Crippen molar-refractivity contribution in [2.45, 2.75) is 44.4 Å². The number of fused-ring (bicyclic) bond motifs is 1. The van der Waals surface area contributed by atoms with Gasteiger partial charge in [0.15, 0.2) is 0 Å². The molecule has 0 N–H and O–H groups in total. The first-order chi connectivity index (χ1) is 12.9. The minimum Gasteiger partial charge on any atom is -0.343 e. The van der Waals surface area contributed by atoms with Crippen molar-refractivity contribution in [3.63, 3.8) is 0 Å². The van der Waals surface area contributed by atoms with Crippen LogP contribution in [-0.2, 0) is 28.3 Å². The van der Waals surface area contributed by atoms with E-state index < -0.39 is 10.0 Å². The van der Waals surface area contributed by atoms with E-state index in [9.17, 15) is 13.2 Å². The minimum atomic E-state index is -3.51. The largest absolute Gasteiger partial charge is 0.343 e. The molecule has 7 nitrogen and oxygen atoms in total. The van der Waals surface area contributed by atoms with Gasteiger partial charge >= 0.3 is 0 Å². The number of amides is 1. The zero-order valence-corrected chi connectivity index (χ0v) is 17.1. The van der Waals surface area contributed by atoms with Gasteiger partial charge in [-0.3, -0.25) is 4.79 Å². The Morgan fingerprint density at radius 2 is 1.85 bits per heavy atom. The number of hydrogen-bond acceptors (Lipinski definition) is 4. The monoisotopic (exact) mass is 392 g/mol. The molecule has 1 aromatic heterocycles. The van der Waals surface area contributed by atoms with Gasteiger partial charge in [-0.15, -0.1) is 0 Å². The predicted molar refractivity (Wildman–Crippen MR) is 105 cm³/mol. The number of rotatable bonds is 7. The van der Waals surface area contributed by atoms with Crippen LogP contribution in [0.3, 0.4) is 0 Å². The highest BCUT2D eigenvalue weighted by atomic mass is 32.2. The quantitative estimate of drug-likeness (QED) is 0.724. The normalized spacial score (nSPS) is 15.2. The number of aryl methyl sites for hydroxylation is 2. The summed E-state index contributed by atoms with van der Waals surface area (Å²) in [5.74, 6) is 0.972. The van der Waals surface area contributed by atoms with Gasteiger partial charge in [-0.2, -0.15) is 4.31 Å². The first-order valence-electron chi connectivity index (χ1n) is 9.61. The molecule has 27 heavy (non-hydrogen) atoms. The van der Waals surface area contributed by atoms with Crippen LogP contribution in [0.2, 0.25) is 0 Å². The minimum absolute atomic E-state index is 0.171. The summed E-state index contributed by atoms with van der Waals surface area (Å²) in [5, 5.41) is 0. The van der Waals surface area contributed by atoms with Crippen molar-refractivity contribution in [3.05, 3.63) is 24.0 Å². The summed E-state index contributed by atoms with van der Waals surface area (Å²) < 4.78 is 28.8. The van der Waals surface area contributed by atoms with Crippen LogP contribution in [0.15, 0.2) is 23.1 Å². The molecule has 1 aromatic carbocycles. The van der Waals surface area contributed by atoms with Crippen molar-refractivity contribution >= 4 is 27.0 Å². The number of imidazole rings is 1. The number of hydrogen-bond donors (Lipinski definition) is 0. The second kappa shape index (κ2) is 7.98. The van der Waals surface area contributed by atoms with Crippen LogP contribution in [0.1, 0.15) is 38.9 Å². The number of carbonyl (C=O) groups excluding carboxylic acids is 1. The van der Waals surface area contributed by atoms with Crippen molar-refractivity contribution in [3.8, 4) is 0 Å². The molecule has 1 saturated heterocycles. The summed E-state index contributed by atoms with van der Waals surface area (Å²) in [5.41, 5.74) is 1.52. The molecule has 1 aliphatic rings. The number of likely N-dealkylation sites (tertiary alicyclic amines) is 1. The van der Waals surface area contributed by atoms with E-state index in [0.29, 0.717) is 31.4 Å². The number of sulfonamides is 1. The topological polar surface area (TPSA) is 75.5 Å². The third-order valence-corrected chi connectivity index (χ3v) is 7.36. The van der Waals surface area contributed by atoms with Gasteiger partial charge in [-0.05, 0) is 31.0 Å². The second-order valence-corrected chi connectivity index (χ2v) is 8.85. The fourth-order valence-electron chi connectivity index (χ4n) is 3.67. The molecule has 0 atom stereocenters. The summed E-state index contributed by atoms with van der Waals surface area (Å²) in [7, 11) is -1.60. The maximum atomic E-state index is 12.7. The maximum Gasteiger partial charge on any atom is 0.243 e. The van der Waals surface area contributed by atoms with E-state index >= 15 is 0 Å². The van der Waals surface area contributed by atoms with Crippen LogP contribution in [-0.4, -0.2) is 59.3 Å². The fraction of sp³-hybridized carbons (Fsp3) is 0.579. The van der Waals surface area contributed by atoms with Gasteiger partial charge in [0.1, 0.15) is 5.82 Å². The number of carbonyl (C=O) groups is 1. The van der Waals surface area contributed by atoms with Gasteiger partial charge in [0.2, 0.25) is 15.9 Å². The van der Waals surface area contributed by atoms with E-state index in [1.807, 2.05) is 30.4 Å². The summed E-state index contributed by atoms with van der Waals surface area (Å²) in [6.45, 7) is 6.24. The molecule has 0 unspecified atom stereocenters. The first kappa shape index (κ1) is 19.8. The molecule has 8 heteroatoms. The van der Waals surface area contributed by atoms with Gasteiger partial charge < -0.3 is 9.47 Å². The van der Waals surface area contributed by atoms with Gasteiger partial charge in [-0.25, -0.2) is 13.4 Å². The average molecular weight is 393 g/mol. The molecular formula is C19H28N4O3S. The van der Waals surface area contributed by atoms with Crippen LogP contribution in [0.4, 0.5) is 0 Å². The SMILES string of the molecule is CCN(CC)S(=O)(=O)c1ccc2c(c1)nc(CCC(=O)N1CCCC1)n2C. The fourth-order valence-corrected chi connectivity index (χ4v) is 5.15. The van der Waals surface area contributed by atoms with Crippen molar-refractivity contribution in [1.29, 1.82) is 0 Å². The molecule has 0 spiro atoms. The van der Waals surface area contributed by atoms with Gasteiger partial charge in [0.05, 0.1) is 15.9 Å². The van der Waals surface area contributed by atoms with E-state index in [1.54, 1.807) is 18.2 Å². The van der Waals surface area contributed by atoms with Crippen molar-refractivity contribution < 1.29 is 13.2 Å². The van der Waals surface area contributed by atoms with E-state index in [1.165, 1.54) is 4.31 Å². The highest BCUT2D eigenvalue weighted by molar-refractivity contribution is 7.89. The van der Waals surface area contributed by atoms with Gasteiger partial charge in [-0.1, -0.05) is 13.8 Å². The Hall–Kier alpha value is -1.93. The summed E-state index contributed by atoms with van der Waals surface area (Å²) in [6, 6.07) is 5.07. The van der Waals surface area contributed by atoms with E-state index in [0.717, 1.165) is 37.3 Å². The first-order valence-corrected chi connectivity index (χ1v) is 11.1. The Labute approximate surface area is 161 Å². The van der Waals surface area contributed by atoms with Crippen molar-refractivity contribution in [2.75, 3.05) is 26.2 Å². The molecule has 1 amide bonds. The lowest BCUT2D eigenvalue weighted by molar-refractivity contribution is -0.130. The highest BCUT2D eigenvalue weighted by Gasteiger charge is 2.23. The lowest BCUT2D eigenvalue weighted by Crippen LogP contribution is -2.30. The average Bonchev–Trinajstić information content (AvgIpc) is 3.29. The van der Waals surface area contributed by atoms with Crippen LogP contribution in [0.25, 0.3) is 11.0 Å². The van der Waals surface area contributed by atoms with Gasteiger partial charge in [0, 0.05) is 46.1 Å². The van der Waals surface area contributed by atoms with E-state index in [4.69, 9.17) is 0 Å². The molecule has 0 radical (unpaired) electrons. The van der Waals surface area contributed by atoms with E-state index in [2.05, 4.69) is 4.98 Å². The number of benzene rings is 1. The standard InChI is InChI=1S/C19H28N4O3S/c1-4-23(5-2)27(25,26)15-8-9-17-16(14-15)20-18(21(17)3)10-11-19(24)22-12-6-7-13-22/h8-9,14H,4-7,10-13H2,1-3H3. The summed E-state index contributed by atoms with van der Waals surface area (Å²) >= 11 is 0. The molecule has 2 aromatic rings. The Kier molecular flexibility index (Phi) is 5.86. The second-order valence-electron chi connectivity index (χ2n) is 6.91. The Morgan fingerprint density at radius 3 is 2.48 bits per heavy atom. The molecule has 2 heterocycles. The molecule has 1 aliphatic heterocycles. The lowest BCUT2D eigenvalue weighted by Gasteiger charge is -2.18. The van der Waals surface area contributed by atoms with Gasteiger partial charge in [0.25, 0.3) is 0 Å².